The molecule has 1 amide bonds. The number of nitrogens with one attached hydrogen (secondary N) is 1. The van der Waals surface area contributed by atoms with Gasteiger partial charge < -0.3 is 14.8 Å². The molecule has 0 radical (unpaired) electrons. The average Bonchev–Trinajstić information content (AvgIpc) is 2.76. The summed E-state index contributed by atoms with van der Waals surface area (Å²) in [5, 5.41) is 2.94. The van der Waals surface area contributed by atoms with E-state index < -0.39 is 10.0 Å². The molecule has 0 spiro atoms. The number of nitrogens with zero attached hydrogens (tertiary/aromatic N) is 1. The van der Waals surface area contributed by atoms with E-state index in [1.165, 1.54) is 4.31 Å². The van der Waals surface area contributed by atoms with Crippen LogP contribution in [0.15, 0.2) is 47.4 Å². The number of rotatable bonds is 8. The smallest absolute Gasteiger partial charge is 0.258 e. The molecule has 1 N–H and O–H groups in total. The van der Waals surface area contributed by atoms with E-state index >= 15 is 0 Å². The number of hydrogen-bond donors (Lipinski definition) is 1. The zero-order chi connectivity index (χ0) is 22.4. The van der Waals surface area contributed by atoms with E-state index in [9.17, 15) is 13.2 Å². The molecule has 1 aliphatic rings. The Morgan fingerprint density at radius 3 is 2.19 bits per heavy atom. The second-order valence-electron chi connectivity index (χ2n) is 7.69. The van der Waals surface area contributed by atoms with Gasteiger partial charge in [0.05, 0.1) is 11.5 Å². The van der Waals surface area contributed by atoms with Crippen molar-refractivity contribution in [3.05, 3.63) is 53.6 Å². The van der Waals surface area contributed by atoms with Crippen molar-refractivity contribution in [2.45, 2.75) is 44.6 Å². The van der Waals surface area contributed by atoms with Gasteiger partial charge in [-0.3, -0.25) is 4.79 Å². The van der Waals surface area contributed by atoms with E-state index in [0.29, 0.717) is 43.2 Å². The van der Waals surface area contributed by atoms with Crippen molar-refractivity contribution < 1.29 is 22.7 Å². The van der Waals surface area contributed by atoms with E-state index in [-0.39, 0.29) is 18.6 Å². The molecule has 0 aliphatic carbocycles. The molecule has 0 unspecified atom stereocenters. The quantitative estimate of drug-likeness (QED) is 0.674. The van der Waals surface area contributed by atoms with Crippen molar-refractivity contribution in [1.82, 2.24) is 9.62 Å². The highest BCUT2D eigenvalue weighted by molar-refractivity contribution is 7.89. The zero-order valence-electron chi connectivity index (χ0n) is 18.3. The number of sulfonamides is 1. The van der Waals surface area contributed by atoms with Crippen LogP contribution in [0.2, 0.25) is 0 Å². The Morgan fingerprint density at radius 2 is 1.61 bits per heavy atom. The van der Waals surface area contributed by atoms with Crippen LogP contribution in [-0.4, -0.2) is 51.0 Å². The molecule has 7 nitrogen and oxygen atoms in total. The van der Waals surface area contributed by atoms with Crippen LogP contribution in [0, 0.1) is 13.8 Å². The predicted octanol–water partition coefficient (Wildman–Crippen LogP) is 3.05. The summed E-state index contributed by atoms with van der Waals surface area (Å²) in [5.74, 6) is 1.12. The Labute approximate surface area is 184 Å². The molecule has 31 heavy (non-hydrogen) atoms. The van der Waals surface area contributed by atoms with E-state index in [0.717, 1.165) is 16.9 Å². The summed E-state index contributed by atoms with van der Waals surface area (Å²) in [7, 11) is -3.52. The van der Waals surface area contributed by atoms with E-state index in [1.807, 2.05) is 26.8 Å². The number of aryl methyl sites for hydroxylation is 2. The average molecular weight is 447 g/mol. The third kappa shape index (κ3) is 5.98. The van der Waals surface area contributed by atoms with Crippen LogP contribution in [0.5, 0.6) is 11.5 Å². The summed E-state index contributed by atoms with van der Waals surface area (Å²) in [4.78, 5) is 12.6. The van der Waals surface area contributed by atoms with E-state index in [1.54, 1.807) is 36.4 Å². The van der Waals surface area contributed by atoms with Gasteiger partial charge in [-0.2, -0.15) is 4.31 Å². The van der Waals surface area contributed by atoms with Gasteiger partial charge in [-0.15, -0.1) is 0 Å². The Balaban J connectivity index is 1.47. The van der Waals surface area contributed by atoms with Crippen LogP contribution in [-0.2, 0) is 14.8 Å². The van der Waals surface area contributed by atoms with Crippen molar-refractivity contribution in [1.29, 1.82) is 0 Å². The molecule has 1 heterocycles. The first kappa shape index (κ1) is 23.1. The van der Waals surface area contributed by atoms with E-state index in [4.69, 9.17) is 9.47 Å². The van der Waals surface area contributed by atoms with Gasteiger partial charge in [0.15, 0.2) is 6.61 Å². The summed E-state index contributed by atoms with van der Waals surface area (Å²) in [5.41, 5.74) is 2.02. The maximum absolute atomic E-state index is 12.9. The van der Waals surface area contributed by atoms with Gasteiger partial charge in [0.25, 0.3) is 5.91 Å². The molecule has 1 saturated heterocycles. The summed E-state index contributed by atoms with van der Waals surface area (Å²) in [6, 6.07) is 12.2. The minimum atomic E-state index is -3.52. The molecule has 0 saturated carbocycles. The van der Waals surface area contributed by atoms with Crippen LogP contribution >= 0.6 is 0 Å². The van der Waals surface area contributed by atoms with Crippen LogP contribution in [0.3, 0.4) is 0 Å². The van der Waals surface area contributed by atoms with Crippen molar-refractivity contribution in [3.63, 3.8) is 0 Å². The number of amides is 1. The molecule has 0 aromatic heterocycles. The second-order valence-corrected chi connectivity index (χ2v) is 9.62. The van der Waals surface area contributed by atoms with Gasteiger partial charge in [-0.25, -0.2) is 8.42 Å². The fourth-order valence-corrected chi connectivity index (χ4v) is 5.04. The maximum atomic E-state index is 12.9. The minimum Gasteiger partial charge on any atom is -0.494 e. The largest absolute Gasteiger partial charge is 0.494 e. The van der Waals surface area contributed by atoms with Crippen LogP contribution in [0.4, 0.5) is 0 Å². The Kier molecular flexibility index (Phi) is 7.56. The highest BCUT2D eigenvalue weighted by Gasteiger charge is 2.30. The molecule has 2 aromatic rings. The molecule has 3 rings (SSSR count). The molecule has 2 aromatic carbocycles. The Hall–Kier alpha value is -2.58. The number of benzene rings is 2. The number of carbonyl (C=O) groups is 1. The lowest BCUT2D eigenvalue weighted by Gasteiger charge is -2.31. The van der Waals surface area contributed by atoms with Gasteiger partial charge in [-0.1, -0.05) is 6.07 Å². The lowest BCUT2D eigenvalue weighted by atomic mass is 10.1. The third-order valence-electron chi connectivity index (χ3n) is 5.44. The maximum Gasteiger partial charge on any atom is 0.258 e. The zero-order valence-corrected chi connectivity index (χ0v) is 19.1. The first-order chi connectivity index (χ1) is 14.8. The normalized spacial score (nSPS) is 15.5. The SMILES string of the molecule is CCOc1ccc(OCC(=O)NC2CCN(S(=O)(=O)c3ccc(C)c(C)c3)CC2)cc1. The van der Waals surface area contributed by atoms with Gasteiger partial charge in [0.1, 0.15) is 11.5 Å². The minimum absolute atomic E-state index is 0.0670. The summed E-state index contributed by atoms with van der Waals surface area (Å²) >= 11 is 0. The molecule has 168 valence electrons. The van der Waals surface area contributed by atoms with Gasteiger partial charge in [0, 0.05) is 19.1 Å². The van der Waals surface area contributed by atoms with Crippen molar-refractivity contribution in [2.24, 2.45) is 0 Å². The predicted molar refractivity (Wildman–Crippen MR) is 119 cm³/mol. The van der Waals surface area contributed by atoms with Crippen LogP contribution < -0.4 is 14.8 Å². The first-order valence-electron chi connectivity index (χ1n) is 10.5. The van der Waals surface area contributed by atoms with E-state index in [2.05, 4.69) is 5.32 Å². The van der Waals surface area contributed by atoms with Crippen molar-refractivity contribution in [2.75, 3.05) is 26.3 Å². The number of piperidine rings is 1. The second kappa shape index (κ2) is 10.2. The standard InChI is InChI=1S/C23H30N2O5S/c1-4-29-20-6-8-21(9-7-20)30-16-23(26)24-19-11-13-25(14-12-19)31(27,28)22-10-5-17(2)18(3)15-22/h5-10,15,19H,4,11-14,16H2,1-3H3,(H,24,26). The monoisotopic (exact) mass is 446 g/mol. The molecule has 0 bridgehead atoms. The summed E-state index contributed by atoms with van der Waals surface area (Å²) in [6.07, 6.45) is 1.14. The Bertz CT molecular complexity index is 997. The highest BCUT2D eigenvalue weighted by atomic mass is 32.2. The molecule has 1 aliphatic heterocycles. The van der Waals surface area contributed by atoms with Crippen LogP contribution in [0.25, 0.3) is 0 Å². The molecule has 1 fully saturated rings. The number of hydrogen-bond acceptors (Lipinski definition) is 5. The molecular weight excluding hydrogens is 416 g/mol. The van der Waals surface area contributed by atoms with Gasteiger partial charge >= 0.3 is 0 Å². The lowest BCUT2D eigenvalue weighted by Crippen LogP contribution is -2.47. The fraction of sp³-hybridized carbons (Fsp3) is 0.435. The van der Waals surface area contributed by atoms with Crippen molar-refractivity contribution in [3.8, 4) is 11.5 Å². The fourth-order valence-electron chi connectivity index (χ4n) is 3.48. The number of ether oxygens (including phenoxy) is 2. The molecule has 0 atom stereocenters. The molecule has 8 heteroatoms. The highest BCUT2D eigenvalue weighted by Crippen LogP contribution is 2.23. The van der Waals surface area contributed by atoms with Gasteiger partial charge in [-0.05, 0) is 81.1 Å². The Morgan fingerprint density at radius 1 is 1.00 bits per heavy atom. The number of carbonyl (C=O) groups excluding carboxylic acids is 1. The molecular formula is C23H30N2O5S. The third-order valence-corrected chi connectivity index (χ3v) is 7.33. The summed E-state index contributed by atoms with van der Waals surface area (Å²) < 4.78 is 38.2. The van der Waals surface area contributed by atoms with Gasteiger partial charge in [0.2, 0.25) is 10.0 Å². The van der Waals surface area contributed by atoms with Crippen LogP contribution in [0.1, 0.15) is 30.9 Å². The first-order valence-corrected chi connectivity index (χ1v) is 12.0. The summed E-state index contributed by atoms with van der Waals surface area (Å²) in [6.45, 7) is 7.03. The lowest BCUT2D eigenvalue weighted by molar-refractivity contribution is -0.124. The topological polar surface area (TPSA) is 84.9 Å². The van der Waals surface area contributed by atoms with Crippen molar-refractivity contribution >= 4 is 15.9 Å².